The number of H-pyrrole nitrogens is 1. The Bertz CT molecular complexity index is 1800. The highest BCUT2D eigenvalue weighted by molar-refractivity contribution is 7.10. The average Bonchev–Trinajstić information content (AvgIpc) is 3.72. The lowest BCUT2D eigenvalue weighted by Gasteiger charge is -2.31. The van der Waals surface area contributed by atoms with Crippen LogP contribution in [0.3, 0.4) is 0 Å². The third-order valence-electron chi connectivity index (χ3n) is 7.56. The van der Waals surface area contributed by atoms with Crippen LogP contribution in [0.4, 0.5) is 19.1 Å². The monoisotopic (exact) mass is 627 g/mol. The number of furan rings is 1. The molecule has 13 heteroatoms. The molecule has 3 aromatic heterocycles. The maximum absolute atomic E-state index is 13.8. The number of anilines is 1. The van der Waals surface area contributed by atoms with Gasteiger partial charge in [-0.1, -0.05) is 11.6 Å². The third kappa shape index (κ3) is 5.89. The lowest BCUT2D eigenvalue weighted by Crippen LogP contribution is -2.38. The first kappa shape index (κ1) is 28.9. The predicted octanol–water partition coefficient (Wildman–Crippen LogP) is 7.84. The fraction of sp³-hybridized carbons (Fsp3) is 0.267. The number of rotatable bonds is 5. The minimum Gasteiger partial charge on any atom is -0.451 e. The number of aromatic amines is 1. The summed E-state index contributed by atoms with van der Waals surface area (Å²) in [4.78, 5) is 39.6. The molecule has 6 rings (SSSR count). The van der Waals surface area contributed by atoms with E-state index in [9.17, 15) is 22.8 Å². The summed E-state index contributed by atoms with van der Waals surface area (Å²) in [5.41, 5.74) is 3.87. The second kappa shape index (κ2) is 11.2. The maximum atomic E-state index is 13.8. The fourth-order valence-electron chi connectivity index (χ4n) is 5.10. The van der Waals surface area contributed by atoms with Gasteiger partial charge in [-0.15, -0.1) is 11.3 Å². The number of aromatic nitrogens is 3. The Morgan fingerprint density at radius 1 is 1.07 bits per heavy atom. The van der Waals surface area contributed by atoms with Gasteiger partial charge in [-0.25, -0.2) is 9.97 Å². The largest absolute Gasteiger partial charge is 0.451 e. The quantitative estimate of drug-likeness (QED) is 0.207. The van der Waals surface area contributed by atoms with E-state index >= 15 is 0 Å². The van der Waals surface area contributed by atoms with Gasteiger partial charge in [0.25, 0.3) is 11.8 Å². The number of fused-ring (bicyclic) bond motifs is 1. The number of halogens is 4. The van der Waals surface area contributed by atoms with Crippen LogP contribution in [0.15, 0.2) is 52.3 Å². The molecular weight excluding hydrogens is 603 g/mol. The molecule has 1 fully saturated rings. The molecule has 1 aliphatic rings. The van der Waals surface area contributed by atoms with Gasteiger partial charge in [0, 0.05) is 35.0 Å². The number of alkyl halides is 3. The number of thiazole rings is 1. The van der Waals surface area contributed by atoms with E-state index < -0.39 is 29.3 Å². The number of carbonyl (C=O) groups is 2. The Balaban J connectivity index is 1.12. The summed E-state index contributed by atoms with van der Waals surface area (Å²) in [5.74, 6) is -2.26. The number of likely N-dealkylation sites (tertiary alicyclic amines) is 1. The predicted molar refractivity (Wildman–Crippen MR) is 158 cm³/mol. The summed E-state index contributed by atoms with van der Waals surface area (Å²) in [7, 11) is 0. The van der Waals surface area contributed by atoms with Crippen LogP contribution >= 0.6 is 22.9 Å². The van der Waals surface area contributed by atoms with Crippen LogP contribution in [-0.2, 0) is 6.18 Å². The molecule has 43 heavy (non-hydrogen) atoms. The van der Waals surface area contributed by atoms with Crippen LogP contribution in [0.2, 0.25) is 5.02 Å². The van der Waals surface area contributed by atoms with Gasteiger partial charge in [-0.2, -0.15) is 13.2 Å². The van der Waals surface area contributed by atoms with Crippen molar-refractivity contribution in [1.29, 1.82) is 0 Å². The van der Waals surface area contributed by atoms with Crippen LogP contribution < -0.4 is 5.32 Å². The number of nitrogens with zero attached hydrogens (tertiary/aromatic N) is 3. The molecule has 0 spiro atoms. The van der Waals surface area contributed by atoms with Crippen molar-refractivity contribution >= 4 is 51.7 Å². The van der Waals surface area contributed by atoms with E-state index in [0.29, 0.717) is 29.4 Å². The van der Waals surface area contributed by atoms with E-state index in [1.54, 1.807) is 5.38 Å². The second-order valence-electron chi connectivity index (χ2n) is 10.5. The van der Waals surface area contributed by atoms with Gasteiger partial charge in [0.15, 0.2) is 0 Å². The van der Waals surface area contributed by atoms with E-state index in [-0.39, 0.29) is 30.5 Å². The van der Waals surface area contributed by atoms with E-state index in [0.717, 1.165) is 33.2 Å². The Hall–Kier alpha value is -4.16. The first-order valence-electron chi connectivity index (χ1n) is 13.5. The summed E-state index contributed by atoms with van der Waals surface area (Å²) in [6.45, 7) is 4.47. The zero-order chi connectivity index (χ0) is 30.5. The number of carbonyl (C=O) groups excluding carboxylic acids is 2. The highest BCUT2D eigenvalue weighted by Crippen LogP contribution is 2.39. The molecule has 2 aromatic carbocycles. The molecule has 0 aliphatic carbocycles. The minimum atomic E-state index is -4.84. The van der Waals surface area contributed by atoms with Gasteiger partial charge in [0.2, 0.25) is 11.7 Å². The first-order valence-corrected chi connectivity index (χ1v) is 14.7. The number of benzene rings is 2. The molecule has 2 amide bonds. The van der Waals surface area contributed by atoms with Crippen LogP contribution in [0.25, 0.3) is 22.4 Å². The van der Waals surface area contributed by atoms with Crippen LogP contribution in [0, 0.1) is 13.8 Å². The number of nitrogens with one attached hydrogen (secondary N) is 2. The lowest BCUT2D eigenvalue weighted by atomic mass is 9.97. The molecule has 2 N–H and O–H groups in total. The summed E-state index contributed by atoms with van der Waals surface area (Å²) in [6.07, 6.45) is -3.86. The standard InChI is InChI=1S/C30H25ClF3N5O3S/c1-15-11-21-22(12-16(15)2)37-29(36-21)38-26(40)23-14-43-27(35-23)18-7-9-39(10-8-18)28(41)20-13-24(42-25(20)30(32,33)34)17-3-5-19(31)6-4-17/h3-6,11-14,18H,7-10H2,1-2H3,(H2,36,37,38,40). The molecule has 222 valence electrons. The van der Waals surface area contributed by atoms with Crippen molar-refractivity contribution in [3.63, 3.8) is 0 Å². The highest BCUT2D eigenvalue weighted by atomic mass is 35.5. The lowest BCUT2D eigenvalue weighted by molar-refractivity contribution is -0.153. The Morgan fingerprint density at radius 3 is 2.47 bits per heavy atom. The number of imidazole rings is 1. The van der Waals surface area contributed by atoms with Gasteiger partial charge in [0.05, 0.1) is 21.6 Å². The van der Waals surface area contributed by atoms with E-state index in [1.165, 1.54) is 40.5 Å². The average molecular weight is 628 g/mol. The number of hydrogen-bond donors (Lipinski definition) is 2. The van der Waals surface area contributed by atoms with Crippen LogP contribution in [-0.4, -0.2) is 44.8 Å². The van der Waals surface area contributed by atoms with Crippen molar-refractivity contribution in [2.24, 2.45) is 0 Å². The Kier molecular flexibility index (Phi) is 7.51. The van der Waals surface area contributed by atoms with E-state index in [4.69, 9.17) is 16.0 Å². The number of hydrogen-bond acceptors (Lipinski definition) is 6. The second-order valence-corrected chi connectivity index (χ2v) is 11.8. The number of amides is 2. The summed E-state index contributed by atoms with van der Waals surface area (Å²) < 4.78 is 46.6. The molecule has 8 nitrogen and oxygen atoms in total. The van der Waals surface area contributed by atoms with Crippen molar-refractivity contribution in [2.45, 2.75) is 38.8 Å². The molecule has 5 aromatic rings. The van der Waals surface area contributed by atoms with Crippen molar-refractivity contribution < 1.29 is 27.2 Å². The summed E-state index contributed by atoms with van der Waals surface area (Å²) >= 11 is 7.23. The van der Waals surface area contributed by atoms with Crippen LogP contribution in [0.5, 0.6) is 0 Å². The molecule has 0 radical (unpaired) electrons. The van der Waals surface area contributed by atoms with E-state index in [1.807, 2.05) is 26.0 Å². The Morgan fingerprint density at radius 2 is 1.77 bits per heavy atom. The van der Waals surface area contributed by atoms with Gasteiger partial charge >= 0.3 is 6.18 Å². The van der Waals surface area contributed by atoms with Gasteiger partial charge in [-0.05, 0) is 80.3 Å². The first-order chi connectivity index (χ1) is 20.5. The molecule has 1 aliphatic heterocycles. The van der Waals surface area contributed by atoms with Crippen molar-refractivity contribution in [2.75, 3.05) is 18.4 Å². The molecule has 4 heterocycles. The topological polar surface area (TPSA) is 104 Å². The summed E-state index contributed by atoms with van der Waals surface area (Å²) in [5, 5.41) is 5.58. The SMILES string of the molecule is Cc1cc2nc(NC(=O)c3csc(C4CCN(C(=O)c5cc(-c6ccc(Cl)cc6)oc5C(F)(F)F)CC4)n3)[nH]c2cc1C. The minimum absolute atomic E-state index is 0.0381. The fourth-order valence-corrected chi connectivity index (χ4v) is 6.19. The number of piperidine rings is 1. The highest BCUT2D eigenvalue weighted by Gasteiger charge is 2.42. The smallest absolute Gasteiger partial charge is 0.450 e. The maximum Gasteiger partial charge on any atom is 0.450 e. The summed E-state index contributed by atoms with van der Waals surface area (Å²) in [6, 6.07) is 11.2. The van der Waals surface area contributed by atoms with Gasteiger partial charge in [-0.3, -0.25) is 14.9 Å². The van der Waals surface area contributed by atoms with Crippen molar-refractivity contribution in [3.8, 4) is 11.3 Å². The molecule has 0 atom stereocenters. The normalized spacial score (nSPS) is 14.4. The zero-order valence-corrected chi connectivity index (χ0v) is 24.6. The molecule has 0 saturated carbocycles. The van der Waals surface area contributed by atoms with Gasteiger partial charge < -0.3 is 14.3 Å². The number of aryl methyl sites for hydroxylation is 2. The Labute approximate surface area is 252 Å². The van der Waals surface area contributed by atoms with Gasteiger partial charge in [0.1, 0.15) is 11.5 Å². The molecular formula is C30H25ClF3N5O3S. The van der Waals surface area contributed by atoms with Crippen molar-refractivity contribution in [1.82, 2.24) is 19.9 Å². The zero-order valence-electron chi connectivity index (χ0n) is 23.0. The van der Waals surface area contributed by atoms with Crippen molar-refractivity contribution in [3.05, 3.63) is 86.0 Å². The molecule has 0 bridgehead atoms. The van der Waals surface area contributed by atoms with E-state index in [2.05, 4.69) is 20.3 Å². The van der Waals surface area contributed by atoms with Crippen LogP contribution in [0.1, 0.15) is 61.5 Å². The molecule has 0 unspecified atom stereocenters. The molecule has 1 saturated heterocycles. The third-order valence-corrected chi connectivity index (χ3v) is 8.82.